The molecule has 0 aliphatic rings. The average Bonchev–Trinajstić information content (AvgIpc) is 3.98. The van der Waals surface area contributed by atoms with Crippen LogP contribution in [0.15, 0.2) is 181 Å². The lowest BCUT2D eigenvalue weighted by atomic mass is 9.97. The fourth-order valence-corrected chi connectivity index (χ4v) is 8.36. The SMILES string of the molecule is c1cc(-c2cccc3oc4ccc5c6ccccc6oc5c4c23)cc(N(c2cccc3c2oc2ccccc23)c2cccc3c2oc2ccccc23)c1. The minimum atomic E-state index is 0.796. The first-order chi connectivity index (χ1) is 26.3. The lowest BCUT2D eigenvalue weighted by molar-refractivity contribution is 0.662. The van der Waals surface area contributed by atoms with Crippen molar-refractivity contribution in [2.45, 2.75) is 0 Å². The van der Waals surface area contributed by atoms with Crippen LogP contribution in [0.1, 0.15) is 0 Å². The first-order valence-corrected chi connectivity index (χ1v) is 17.7. The van der Waals surface area contributed by atoms with Crippen molar-refractivity contribution in [3.63, 3.8) is 0 Å². The maximum absolute atomic E-state index is 6.66. The highest BCUT2D eigenvalue weighted by atomic mass is 16.3. The summed E-state index contributed by atoms with van der Waals surface area (Å²) in [4.78, 5) is 2.27. The van der Waals surface area contributed by atoms with Crippen LogP contribution in [0.25, 0.3) is 98.9 Å². The van der Waals surface area contributed by atoms with Crippen LogP contribution in [0.3, 0.4) is 0 Å². The predicted octanol–water partition coefficient (Wildman–Crippen LogP) is 14.4. The molecule has 0 saturated carbocycles. The highest BCUT2D eigenvalue weighted by Crippen LogP contribution is 2.48. The molecule has 12 rings (SSSR count). The van der Waals surface area contributed by atoms with Gasteiger partial charge in [0, 0.05) is 43.4 Å². The number of hydrogen-bond acceptors (Lipinski definition) is 5. The smallest absolute Gasteiger partial charge is 0.159 e. The molecule has 0 aliphatic carbocycles. The van der Waals surface area contributed by atoms with Gasteiger partial charge in [0.15, 0.2) is 11.2 Å². The Balaban J connectivity index is 1.14. The summed E-state index contributed by atoms with van der Waals surface area (Å²) in [7, 11) is 0. The Hall–Kier alpha value is -7.24. The molecule has 0 radical (unpaired) electrons. The summed E-state index contributed by atoms with van der Waals surface area (Å²) >= 11 is 0. The number of nitrogens with zero attached hydrogens (tertiary/aromatic N) is 1. The van der Waals surface area contributed by atoms with E-state index >= 15 is 0 Å². The molecule has 0 unspecified atom stereocenters. The molecular weight excluding hydrogens is 655 g/mol. The van der Waals surface area contributed by atoms with E-state index in [9.17, 15) is 0 Å². The minimum Gasteiger partial charge on any atom is -0.456 e. The summed E-state index contributed by atoms with van der Waals surface area (Å²) in [5.74, 6) is 0. The predicted molar refractivity (Wildman–Crippen MR) is 216 cm³/mol. The van der Waals surface area contributed by atoms with Gasteiger partial charge in [-0.25, -0.2) is 0 Å². The van der Waals surface area contributed by atoms with E-state index in [0.29, 0.717) is 0 Å². The van der Waals surface area contributed by atoms with Crippen LogP contribution in [0, 0.1) is 0 Å². The molecule has 0 amide bonds. The van der Waals surface area contributed by atoms with Crippen LogP contribution < -0.4 is 4.90 Å². The normalized spacial score (nSPS) is 12.2. The third-order valence-electron chi connectivity index (χ3n) is 10.7. The number of fused-ring (bicyclic) bond motifs is 13. The molecule has 53 heavy (non-hydrogen) atoms. The summed E-state index contributed by atoms with van der Waals surface area (Å²) in [5.41, 5.74) is 11.5. The number of hydrogen-bond donors (Lipinski definition) is 0. The Bertz CT molecular complexity index is 3320. The van der Waals surface area contributed by atoms with Gasteiger partial charge in [0.05, 0.1) is 16.8 Å². The largest absolute Gasteiger partial charge is 0.456 e. The van der Waals surface area contributed by atoms with Gasteiger partial charge in [-0.1, -0.05) is 103 Å². The fraction of sp³-hybridized carbons (Fsp3) is 0. The molecule has 0 atom stereocenters. The Kier molecular flexibility index (Phi) is 5.71. The number of furan rings is 4. The van der Waals surface area contributed by atoms with Crippen molar-refractivity contribution in [2.24, 2.45) is 0 Å². The zero-order chi connectivity index (χ0) is 34.6. The number of anilines is 3. The summed E-state index contributed by atoms with van der Waals surface area (Å²) < 4.78 is 26.4. The van der Waals surface area contributed by atoms with Crippen molar-refractivity contribution >= 4 is 105 Å². The average molecular weight is 682 g/mol. The molecule has 4 aromatic heterocycles. The fourth-order valence-electron chi connectivity index (χ4n) is 8.36. The minimum absolute atomic E-state index is 0.796. The maximum Gasteiger partial charge on any atom is 0.159 e. The topological polar surface area (TPSA) is 55.8 Å². The van der Waals surface area contributed by atoms with Crippen molar-refractivity contribution in [3.05, 3.63) is 164 Å². The molecule has 0 saturated heterocycles. The zero-order valence-corrected chi connectivity index (χ0v) is 28.2. The molecule has 0 fully saturated rings. The maximum atomic E-state index is 6.66. The quantitative estimate of drug-likeness (QED) is 0.185. The second kappa shape index (κ2) is 10.6. The zero-order valence-electron chi connectivity index (χ0n) is 28.2. The van der Waals surface area contributed by atoms with Gasteiger partial charge < -0.3 is 22.6 Å². The molecular formula is C48H27NO4. The van der Waals surface area contributed by atoms with E-state index in [4.69, 9.17) is 17.7 Å². The lowest BCUT2D eigenvalue weighted by Gasteiger charge is -2.26. The van der Waals surface area contributed by atoms with Crippen LogP contribution in [0.4, 0.5) is 17.1 Å². The van der Waals surface area contributed by atoms with E-state index in [2.05, 4.69) is 126 Å². The number of benzene rings is 8. The van der Waals surface area contributed by atoms with E-state index in [-0.39, 0.29) is 0 Å². The van der Waals surface area contributed by atoms with Gasteiger partial charge in [0.25, 0.3) is 0 Å². The van der Waals surface area contributed by atoms with Crippen molar-refractivity contribution in [2.75, 3.05) is 4.90 Å². The van der Waals surface area contributed by atoms with E-state index in [0.717, 1.165) is 116 Å². The van der Waals surface area contributed by atoms with Gasteiger partial charge in [0.2, 0.25) is 0 Å². The van der Waals surface area contributed by atoms with Crippen molar-refractivity contribution in [3.8, 4) is 11.1 Å². The van der Waals surface area contributed by atoms with E-state index in [1.807, 2.05) is 42.5 Å². The first-order valence-electron chi connectivity index (χ1n) is 17.7. The van der Waals surface area contributed by atoms with E-state index in [1.165, 1.54) is 0 Å². The summed E-state index contributed by atoms with van der Waals surface area (Å²) in [6.45, 7) is 0. The van der Waals surface area contributed by atoms with Gasteiger partial charge in [0.1, 0.15) is 33.5 Å². The van der Waals surface area contributed by atoms with Crippen LogP contribution in [0.2, 0.25) is 0 Å². The molecule has 0 spiro atoms. The standard InChI is InChI=1S/C48H27NO4/c1-4-21-39-31(13-1)34-17-8-19-37(46(34)51-39)49(38-20-9-18-35-32-14-2-5-22-40(32)52-47(35)38)29-12-7-11-28(27-29)30-16-10-24-42-44(30)45-43(50-42)26-25-36-33-15-3-6-23-41(33)53-48(36)45/h1-27H. The van der Waals surface area contributed by atoms with Crippen LogP contribution in [-0.4, -0.2) is 0 Å². The van der Waals surface area contributed by atoms with Crippen LogP contribution in [-0.2, 0) is 0 Å². The summed E-state index contributed by atoms with van der Waals surface area (Å²) in [6, 6.07) is 56.4. The number of para-hydroxylation sites is 5. The van der Waals surface area contributed by atoms with Crippen LogP contribution in [0.5, 0.6) is 0 Å². The van der Waals surface area contributed by atoms with E-state index < -0.39 is 0 Å². The van der Waals surface area contributed by atoms with Crippen molar-refractivity contribution < 1.29 is 17.7 Å². The molecule has 248 valence electrons. The number of rotatable bonds is 4. The summed E-state index contributed by atoms with van der Waals surface area (Å²) in [6.07, 6.45) is 0. The van der Waals surface area contributed by atoms with Crippen molar-refractivity contribution in [1.29, 1.82) is 0 Å². The molecule has 4 heterocycles. The van der Waals surface area contributed by atoms with Gasteiger partial charge in [-0.2, -0.15) is 0 Å². The second-order valence-electron chi connectivity index (χ2n) is 13.6. The molecule has 0 aliphatic heterocycles. The third kappa shape index (κ3) is 4.02. The highest BCUT2D eigenvalue weighted by Gasteiger charge is 2.24. The van der Waals surface area contributed by atoms with Gasteiger partial charge in [-0.05, 0) is 71.8 Å². The monoisotopic (exact) mass is 681 g/mol. The molecule has 8 aromatic carbocycles. The second-order valence-corrected chi connectivity index (χ2v) is 13.6. The van der Waals surface area contributed by atoms with Crippen molar-refractivity contribution in [1.82, 2.24) is 0 Å². The Morgan fingerprint density at radius 1 is 0.321 bits per heavy atom. The van der Waals surface area contributed by atoms with Gasteiger partial charge in [-0.3, -0.25) is 0 Å². The first kappa shape index (κ1) is 28.5. The molecule has 0 bridgehead atoms. The Labute approximate surface area is 301 Å². The summed E-state index contributed by atoms with van der Waals surface area (Å²) in [5, 5.41) is 8.43. The molecule has 0 N–H and O–H groups in total. The van der Waals surface area contributed by atoms with Gasteiger partial charge >= 0.3 is 0 Å². The Morgan fingerprint density at radius 3 is 1.45 bits per heavy atom. The highest BCUT2D eigenvalue weighted by molar-refractivity contribution is 6.25. The molecule has 12 aromatic rings. The third-order valence-corrected chi connectivity index (χ3v) is 10.7. The Morgan fingerprint density at radius 2 is 0.811 bits per heavy atom. The van der Waals surface area contributed by atoms with Crippen LogP contribution >= 0.6 is 0 Å². The molecule has 5 nitrogen and oxygen atoms in total. The molecule has 5 heteroatoms. The van der Waals surface area contributed by atoms with Gasteiger partial charge in [-0.15, -0.1) is 0 Å². The van der Waals surface area contributed by atoms with E-state index in [1.54, 1.807) is 0 Å². The lowest BCUT2D eigenvalue weighted by Crippen LogP contribution is -2.10.